The summed E-state index contributed by atoms with van der Waals surface area (Å²) in [4.78, 5) is 11.3. The van der Waals surface area contributed by atoms with Gasteiger partial charge in [-0.05, 0) is 30.0 Å². The van der Waals surface area contributed by atoms with E-state index in [1.807, 2.05) is 6.92 Å². The van der Waals surface area contributed by atoms with Crippen LogP contribution in [0.15, 0.2) is 30.3 Å². The summed E-state index contributed by atoms with van der Waals surface area (Å²) in [7, 11) is 0. The molecule has 0 aromatic heterocycles. The molecule has 0 spiro atoms. The fourth-order valence-corrected chi connectivity index (χ4v) is 2.51. The predicted molar refractivity (Wildman–Crippen MR) is 87.0 cm³/mol. The zero-order valence-corrected chi connectivity index (χ0v) is 13.3. The molecule has 0 fully saturated rings. The monoisotopic (exact) mass is 341 g/mol. The maximum Gasteiger partial charge on any atom is 0.425 e. The van der Waals surface area contributed by atoms with E-state index in [1.54, 1.807) is 12.1 Å². The molecule has 1 amide bonds. The van der Waals surface area contributed by atoms with Crippen LogP contribution in [0.5, 0.6) is 5.75 Å². The van der Waals surface area contributed by atoms with Crippen LogP contribution in [0.25, 0.3) is 10.8 Å². The lowest BCUT2D eigenvalue weighted by atomic mass is 10.0. The number of carbonyl (C=O) groups excluding carboxylic acids is 1. The maximum atomic E-state index is 13.1. The highest BCUT2D eigenvalue weighted by atomic mass is 19.4. The number of alkyl halides is 3. The van der Waals surface area contributed by atoms with Crippen molar-refractivity contribution in [3.8, 4) is 5.75 Å². The highest BCUT2D eigenvalue weighted by molar-refractivity contribution is 5.88. The summed E-state index contributed by atoms with van der Waals surface area (Å²) in [5.74, 6) is -0.566. The van der Waals surface area contributed by atoms with Gasteiger partial charge in [-0.3, -0.25) is 4.79 Å². The largest absolute Gasteiger partial charge is 0.593 e. The summed E-state index contributed by atoms with van der Waals surface area (Å²) in [6.07, 6.45) is -4.20. The van der Waals surface area contributed by atoms with Gasteiger partial charge in [0, 0.05) is 37.5 Å². The fraction of sp³-hybridized carbons (Fsp3) is 0.353. The van der Waals surface area contributed by atoms with Gasteiger partial charge in [0.2, 0.25) is 5.91 Å². The maximum absolute atomic E-state index is 13.1. The van der Waals surface area contributed by atoms with Crippen LogP contribution in [0.1, 0.15) is 24.5 Å². The van der Waals surface area contributed by atoms with Crippen molar-refractivity contribution in [1.29, 1.82) is 0 Å². The van der Waals surface area contributed by atoms with Crippen molar-refractivity contribution in [2.24, 2.45) is 0 Å². The Morgan fingerprint density at radius 3 is 2.62 bits per heavy atom. The average Bonchev–Trinajstić information content (AvgIpc) is 2.50. The third-order valence-electron chi connectivity index (χ3n) is 3.60. The molecule has 0 aliphatic carbocycles. The van der Waals surface area contributed by atoms with Crippen molar-refractivity contribution in [3.05, 3.63) is 41.5 Å². The van der Waals surface area contributed by atoms with E-state index >= 15 is 0 Å². The molecule has 0 bridgehead atoms. The van der Waals surface area contributed by atoms with Gasteiger partial charge in [0.05, 0.1) is 0 Å². The first-order chi connectivity index (χ1) is 11.3. The SMILES string of the molecule is CCNC(=O)CCNCc1ccc2c(C(F)(F)F)c([OH2+])ccc2c1. The molecule has 4 nitrogen and oxygen atoms in total. The molecule has 0 radical (unpaired) electrons. The first-order valence-electron chi connectivity index (χ1n) is 7.64. The molecule has 0 atom stereocenters. The second kappa shape index (κ2) is 7.53. The van der Waals surface area contributed by atoms with Gasteiger partial charge in [-0.25, -0.2) is 0 Å². The van der Waals surface area contributed by atoms with Crippen LogP contribution in [0.2, 0.25) is 0 Å². The standard InChI is InChI=1S/C17H19F3N2O2/c1-2-22-15(24)7-8-21-10-11-3-5-13-12(9-11)4-6-14(23)16(13)17(18,19)20/h3-6,9,21,23H,2,7-8,10H2,1H3,(H,22,24)/p+1. The van der Waals surface area contributed by atoms with Crippen LogP contribution in [0, 0.1) is 0 Å². The zero-order valence-electron chi connectivity index (χ0n) is 13.3. The van der Waals surface area contributed by atoms with Crippen LogP contribution in [0.4, 0.5) is 13.2 Å². The minimum Gasteiger partial charge on any atom is -0.593 e. The Labute approximate surface area is 137 Å². The Morgan fingerprint density at radius 1 is 1.21 bits per heavy atom. The number of nitrogens with one attached hydrogen (secondary N) is 2. The normalized spacial score (nSPS) is 11.7. The van der Waals surface area contributed by atoms with Crippen molar-refractivity contribution in [2.75, 3.05) is 13.1 Å². The summed E-state index contributed by atoms with van der Waals surface area (Å²) in [6, 6.07) is 7.36. The second-order valence-electron chi connectivity index (χ2n) is 5.42. The molecule has 2 aromatic rings. The number of hydrogen-bond acceptors (Lipinski definition) is 2. The molecule has 0 saturated carbocycles. The Hall–Kier alpha value is -2.28. The lowest BCUT2D eigenvalue weighted by Gasteiger charge is -2.11. The third kappa shape index (κ3) is 4.38. The number of benzene rings is 2. The molecule has 24 heavy (non-hydrogen) atoms. The van der Waals surface area contributed by atoms with Crippen LogP contribution in [-0.4, -0.2) is 24.1 Å². The molecule has 2 rings (SSSR count). The van der Waals surface area contributed by atoms with Gasteiger partial charge in [-0.1, -0.05) is 12.1 Å². The Bertz CT molecular complexity index is 730. The summed E-state index contributed by atoms with van der Waals surface area (Å²) in [6.45, 7) is 3.38. The van der Waals surface area contributed by atoms with Crippen LogP contribution < -0.4 is 10.6 Å². The second-order valence-corrected chi connectivity index (χ2v) is 5.42. The van der Waals surface area contributed by atoms with Gasteiger partial charge >= 0.3 is 6.18 Å². The summed E-state index contributed by atoms with van der Waals surface area (Å²) in [5, 5.41) is 13.8. The Kier molecular flexibility index (Phi) is 5.66. The van der Waals surface area contributed by atoms with Crippen LogP contribution in [-0.2, 0) is 17.5 Å². The molecule has 0 aliphatic rings. The molecule has 130 valence electrons. The highest BCUT2D eigenvalue weighted by Crippen LogP contribution is 2.40. The minimum atomic E-state index is -4.55. The lowest BCUT2D eigenvalue weighted by Crippen LogP contribution is -2.27. The molecule has 0 unspecified atom stereocenters. The molecule has 7 heteroatoms. The number of amides is 1. The Morgan fingerprint density at radius 2 is 1.96 bits per heavy atom. The van der Waals surface area contributed by atoms with Gasteiger partial charge in [0.15, 0.2) is 5.56 Å². The quantitative estimate of drug-likeness (QED) is 0.627. The smallest absolute Gasteiger partial charge is 0.425 e. The van der Waals surface area contributed by atoms with E-state index in [-0.39, 0.29) is 11.3 Å². The summed E-state index contributed by atoms with van der Waals surface area (Å²) < 4.78 is 39.3. The van der Waals surface area contributed by atoms with Crippen LogP contribution >= 0.6 is 0 Å². The van der Waals surface area contributed by atoms with E-state index in [2.05, 4.69) is 10.6 Å². The highest BCUT2D eigenvalue weighted by Gasteiger charge is 2.38. The van der Waals surface area contributed by atoms with Crippen molar-refractivity contribution in [1.82, 2.24) is 10.6 Å². The average molecular weight is 341 g/mol. The van der Waals surface area contributed by atoms with E-state index < -0.39 is 17.5 Å². The lowest BCUT2D eigenvalue weighted by molar-refractivity contribution is -0.137. The van der Waals surface area contributed by atoms with E-state index in [0.717, 1.165) is 11.6 Å². The van der Waals surface area contributed by atoms with Gasteiger partial charge < -0.3 is 15.7 Å². The first kappa shape index (κ1) is 18.1. The zero-order chi connectivity index (χ0) is 17.7. The molecule has 0 heterocycles. The summed E-state index contributed by atoms with van der Waals surface area (Å²) in [5.41, 5.74) is -0.0833. The number of halogens is 3. The van der Waals surface area contributed by atoms with E-state index in [4.69, 9.17) is 5.11 Å². The molecule has 0 saturated heterocycles. The van der Waals surface area contributed by atoms with Crippen LogP contribution in [0.3, 0.4) is 0 Å². The third-order valence-corrected chi connectivity index (χ3v) is 3.60. The fourth-order valence-electron chi connectivity index (χ4n) is 2.51. The van der Waals surface area contributed by atoms with Gasteiger partial charge in [0.25, 0.3) is 5.75 Å². The Balaban J connectivity index is 2.10. The molecule has 0 aliphatic heterocycles. The van der Waals surface area contributed by atoms with Gasteiger partial charge in [0.1, 0.15) is 0 Å². The van der Waals surface area contributed by atoms with Gasteiger partial charge in [-0.15, -0.1) is 0 Å². The molecule has 2 aromatic carbocycles. The number of carbonyl (C=O) groups is 1. The number of fused-ring (bicyclic) bond motifs is 1. The van der Waals surface area contributed by atoms with E-state index in [0.29, 0.717) is 31.4 Å². The van der Waals surface area contributed by atoms with Gasteiger partial charge in [-0.2, -0.15) is 13.2 Å². The van der Waals surface area contributed by atoms with Crippen molar-refractivity contribution in [2.45, 2.75) is 26.1 Å². The molecular weight excluding hydrogens is 321 g/mol. The summed E-state index contributed by atoms with van der Waals surface area (Å²) >= 11 is 0. The van der Waals surface area contributed by atoms with E-state index in [9.17, 15) is 18.0 Å². The van der Waals surface area contributed by atoms with E-state index in [1.165, 1.54) is 12.1 Å². The van der Waals surface area contributed by atoms with Crippen molar-refractivity contribution in [3.63, 3.8) is 0 Å². The number of rotatable bonds is 6. The number of hydrogen-bond donors (Lipinski definition) is 2. The minimum absolute atomic E-state index is 0.0288. The topological polar surface area (TPSA) is 64.0 Å². The van der Waals surface area contributed by atoms with Crippen molar-refractivity contribution < 1.29 is 23.1 Å². The molecular formula is C17H20F3N2O2+. The van der Waals surface area contributed by atoms with Crippen molar-refractivity contribution >= 4 is 16.7 Å². The molecule has 4 N–H and O–H groups in total. The first-order valence-corrected chi connectivity index (χ1v) is 7.64. The predicted octanol–water partition coefficient (Wildman–Crippen LogP) is 2.91.